The normalized spacial score (nSPS) is 16.6. The lowest BCUT2D eigenvalue weighted by Crippen LogP contribution is -2.46. The van der Waals surface area contributed by atoms with E-state index in [-0.39, 0.29) is 5.82 Å². The minimum atomic E-state index is -0.137. The molecule has 1 aliphatic rings. The molecular weight excluding hydrogens is 341 g/mol. The number of hydrogen-bond acceptors (Lipinski definition) is 4. The molecule has 0 bridgehead atoms. The maximum Gasteiger partial charge on any atom is 0.185 e. The van der Waals surface area contributed by atoms with Crippen LogP contribution in [0.4, 0.5) is 9.52 Å². The number of halogens is 2. The minimum absolute atomic E-state index is 0.137. The predicted octanol–water partition coefficient (Wildman–Crippen LogP) is 3.37. The molecule has 0 unspecified atom stereocenters. The van der Waals surface area contributed by atoms with Gasteiger partial charge >= 0.3 is 0 Å². The van der Waals surface area contributed by atoms with E-state index in [1.165, 1.54) is 6.07 Å². The molecule has 1 aromatic carbocycles. The maximum absolute atomic E-state index is 13.8. The molecule has 0 aliphatic carbocycles. The van der Waals surface area contributed by atoms with Gasteiger partial charge in [0.05, 0.1) is 0 Å². The molecule has 2 heterocycles. The highest BCUT2D eigenvalue weighted by molar-refractivity contribution is 9.10. The lowest BCUT2D eigenvalue weighted by Gasteiger charge is -2.34. The Morgan fingerprint density at radius 1 is 1.25 bits per heavy atom. The van der Waals surface area contributed by atoms with Crippen molar-refractivity contribution in [2.24, 2.45) is 0 Å². The molecule has 0 atom stereocenters. The second-order valence-electron chi connectivity index (χ2n) is 4.81. The van der Waals surface area contributed by atoms with Gasteiger partial charge < -0.3 is 4.90 Å². The molecule has 3 rings (SSSR count). The van der Waals surface area contributed by atoms with Crippen molar-refractivity contribution in [1.82, 2.24) is 9.88 Å². The first-order valence-corrected chi connectivity index (χ1v) is 8.20. The van der Waals surface area contributed by atoms with Crippen LogP contribution in [0.2, 0.25) is 0 Å². The van der Waals surface area contributed by atoms with Crippen molar-refractivity contribution < 1.29 is 4.39 Å². The third kappa shape index (κ3) is 3.19. The largest absolute Gasteiger partial charge is 0.346 e. The molecule has 3 nitrogen and oxygen atoms in total. The summed E-state index contributed by atoms with van der Waals surface area (Å²) in [6, 6.07) is 5.28. The summed E-state index contributed by atoms with van der Waals surface area (Å²) in [5.41, 5.74) is 0.760. The average molecular weight is 356 g/mol. The summed E-state index contributed by atoms with van der Waals surface area (Å²) in [5, 5.41) is 3.08. The first-order valence-electron chi connectivity index (χ1n) is 6.53. The van der Waals surface area contributed by atoms with Gasteiger partial charge in [-0.25, -0.2) is 9.37 Å². The highest BCUT2D eigenvalue weighted by Crippen LogP contribution is 2.21. The molecule has 1 aromatic heterocycles. The number of aromatic nitrogens is 1. The van der Waals surface area contributed by atoms with Crippen molar-refractivity contribution in [3.8, 4) is 0 Å². The summed E-state index contributed by atoms with van der Waals surface area (Å²) in [6.45, 7) is 4.45. The van der Waals surface area contributed by atoms with E-state index in [1.807, 2.05) is 23.7 Å². The summed E-state index contributed by atoms with van der Waals surface area (Å²) in [7, 11) is 0. The molecule has 2 aromatic rings. The van der Waals surface area contributed by atoms with Crippen LogP contribution in [0.25, 0.3) is 0 Å². The third-order valence-electron chi connectivity index (χ3n) is 3.47. The van der Waals surface area contributed by atoms with E-state index in [0.29, 0.717) is 6.54 Å². The summed E-state index contributed by atoms with van der Waals surface area (Å²) >= 11 is 4.96. The average Bonchev–Trinajstić information content (AvgIpc) is 2.97. The van der Waals surface area contributed by atoms with Gasteiger partial charge in [0.15, 0.2) is 5.13 Å². The van der Waals surface area contributed by atoms with E-state index in [0.717, 1.165) is 41.3 Å². The van der Waals surface area contributed by atoms with Crippen LogP contribution >= 0.6 is 27.3 Å². The Balaban J connectivity index is 1.58. The highest BCUT2D eigenvalue weighted by Gasteiger charge is 2.19. The third-order valence-corrected chi connectivity index (χ3v) is 4.80. The SMILES string of the molecule is Fc1cc(Br)ccc1CN1CCN(c2nccs2)CC1. The highest BCUT2D eigenvalue weighted by atomic mass is 79.9. The van der Waals surface area contributed by atoms with E-state index in [1.54, 1.807) is 11.3 Å². The number of piperazine rings is 1. The van der Waals surface area contributed by atoms with Crippen LogP contribution in [0, 0.1) is 5.82 Å². The first kappa shape index (κ1) is 14.0. The van der Waals surface area contributed by atoms with Gasteiger partial charge in [-0.1, -0.05) is 22.0 Å². The monoisotopic (exact) mass is 355 g/mol. The number of thiazole rings is 1. The molecule has 0 N–H and O–H groups in total. The van der Waals surface area contributed by atoms with Crippen LogP contribution in [0.1, 0.15) is 5.56 Å². The minimum Gasteiger partial charge on any atom is -0.346 e. The second-order valence-corrected chi connectivity index (χ2v) is 6.60. The van der Waals surface area contributed by atoms with Crippen LogP contribution in [-0.2, 0) is 6.54 Å². The van der Waals surface area contributed by atoms with Crippen molar-refractivity contribution in [1.29, 1.82) is 0 Å². The van der Waals surface area contributed by atoms with Gasteiger partial charge in [-0.3, -0.25) is 4.90 Å². The Morgan fingerprint density at radius 3 is 2.70 bits per heavy atom. The zero-order valence-electron chi connectivity index (χ0n) is 10.9. The molecule has 1 aliphatic heterocycles. The van der Waals surface area contributed by atoms with E-state index < -0.39 is 0 Å². The van der Waals surface area contributed by atoms with Gasteiger partial charge in [0, 0.05) is 54.3 Å². The number of rotatable bonds is 3. The lowest BCUT2D eigenvalue weighted by atomic mass is 10.2. The van der Waals surface area contributed by atoms with Gasteiger partial charge in [0.2, 0.25) is 0 Å². The van der Waals surface area contributed by atoms with Crippen molar-refractivity contribution in [2.75, 3.05) is 31.1 Å². The fourth-order valence-corrected chi connectivity index (χ4v) is 3.39. The molecule has 0 amide bonds. The van der Waals surface area contributed by atoms with Crippen LogP contribution in [-0.4, -0.2) is 36.1 Å². The Morgan fingerprint density at radius 2 is 2.05 bits per heavy atom. The molecule has 0 saturated carbocycles. The van der Waals surface area contributed by atoms with E-state index in [4.69, 9.17) is 0 Å². The van der Waals surface area contributed by atoms with Crippen LogP contribution in [0.3, 0.4) is 0 Å². The van der Waals surface area contributed by atoms with Crippen LogP contribution in [0.15, 0.2) is 34.2 Å². The zero-order chi connectivity index (χ0) is 13.9. The predicted molar refractivity (Wildman–Crippen MR) is 83.7 cm³/mol. The van der Waals surface area contributed by atoms with E-state index in [2.05, 4.69) is 30.7 Å². The molecule has 0 radical (unpaired) electrons. The fourth-order valence-electron chi connectivity index (χ4n) is 2.36. The van der Waals surface area contributed by atoms with Gasteiger partial charge in [0.25, 0.3) is 0 Å². The van der Waals surface area contributed by atoms with Gasteiger partial charge in [0.1, 0.15) is 5.82 Å². The Labute approximate surface area is 130 Å². The molecular formula is C14H15BrFN3S. The van der Waals surface area contributed by atoms with E-state index in [9.17, 15) is 4.39 Å². The topological polar surface area (TPSA) is 19.4 Å². The molecule has 20 heavy (non-hydrogen) atoms. The lowest BCUT2D eigenvalue weighted by molar-refractivity contribution is 0.246. The maximum atomic E-state index is 13.8. The van der Waals surface area contributed by atoms with Crippen LogP contribution < -0.4 is 4.90 Å². The number of nitrogens with zero attached hydrogens (tertiary/aromatic N) is 3. The number of benzene rings is 1. The smallest absolute Gasteiger partial charge is 0.185 e. The van der Waals surface area contributed by atoms with Crippen LogP contribution in [0.5, 0.6) is 0 Å². The molecule has 1 fully saturated rings. The van der Waals surface area contributed by atoms with Crippen molar-refractivity contribution in [2.45, 2.75) is 6.54 Å². The zero-order valence-corrected chi connectivity index (χ0v) is 13.3. The first-order chi connectivity index (χ1) is 9.72. The summed E-state index contributed by atoms with van der Waals surface area (Å²) in [4.78, 5) is 8.91. The molecule has 0 spiro atoms. The summed E-state index contributed by atoms with van der Waals surface area (Å²) in [5.74, 6) is -0.137. The van der Waals surface area contributed by atoms with Gasteiger partial charge in [-0.05, 0) is 12.1 Å². The van der Waals surface area contributed by atoms with Crippen molar-refractivity contribution in [3.05, 3.63) is 45.6 Å². The summed E-state index contributed by atoms with van der Waals surface area (Å²) in [6.07, 6.45) is 1.84. The quantitative estimate of drug-likeness (QED) is 0.841. The van der Waals surface area contributed by atoms with E-state index >= 15 is 0 Å². The number of hydrogen-bond donors (Lipinski definition) is 0. The summed E-state index contributed by atoms with van der Waals surface area (Å²) < 4.78 is 14.6. The Kier molecular flexibility index (Phi) is 4.33. The standard InChI is InChI=1S/C14H15BrFN3S/c15-12-2-1-11(13(16)9-12)10-18-4-6-19(7-5-18)14-17-3-8-20-14/h1-3,8-9H,4-7,10H2. The van der Waals surface area contributed by atoms with Crippen molar-refractivity contribution in [3.63, 3.8) is 0 Å². The fraction of sp³-hybridized carbons (Fsp3) is 0.357. The van der Waals surface area contributed by atoms with Crippen molar-refractivity contribution >= 4 is 32.4 Å². The second kappa shape index (κ2) is 6.20. The number of anilines is 1. The Hall–Kier alpha value is -0.980. The molecule has 6 heteroatoms. The van der Waals surface area contributed by atoms with Gasteiger partial charge in [-0.2, -0.15) is 0 Å². The van der Waals surface area contributed by atoms with Gasteiger partial charge in [-0.15, -0.1) is 11.3 Å². The Bertz CT molecular complexity index is 568. The molecule has 1 saturated heterocycles. The molecule has 106 valence electrons.